The van der Waals surface area contributed by atoms with Crippen molar-refractivity contribution in [1.29, 1.82) is 0 Å². The second-order valence-electron chi connectivity index (χ2n) is 6.84. The van der Waals surface area contributed by atoms with E-state index in [-0.39, 0.29) is 18.2 Å². The van der Waals surface area contributed by atoms with Crippen LogP contribution in [-0.2, 0) is 20.8 Å². The molecule has 1 fully saturated rings. The number of anilines is 1. The highest BCUT2D eigenvalue weighted by molar-refractivity contribution is 6.23. The van der Waals surface area contributed by atoms with Gasteiger partial charge in [-0.15, -0.1) is 0 Å². The summed E-state index contributed by atoms with van der Waals surface area (Å²) in [5.74, 6) is -1.39. The number of carbonyl (C=O) groups is 3. The van der Waals surface area contributed by atoms with Crippen molar-refractivity contribution in [3.05, 3.63) is 66.0 Å². The molecule has 2 aromatic carbocycles. The topological polar surface area (TPSA) is 57.7 Å². The molecule has 2 aromatic rings. The highest BCUT2D eigenvalue weighted by atomic mass is 19.1. The fourth-order valence-electron chi connectivity index (χ4n) is 3.43. The monoisotopic (exact) mass is 382 g/mol. The molecule has 0 saturated carbocycles. The summed E-state index contributed by atoms with van der Waals surface area (Å²) in [6.45, 7) is 2.27. The Labute approximate surface area is 163 Å². The van der Waals surface area contributed by atoms with Crippen LogP contribution in [0.25, 0.3) is 0 Å². The Balaban J connectivity index is 1.81. The van der Waals surface area contributed by atoms with E-state index >= 15 is 0 Å². The van der Waals surface area contributed by atoms with Crippen LogP contribution in [0.4, 0.5) is 10.1 Å². The Morgan fingerprint density at radius 2 is 1.79 bits per heavy atom. The van der Waals surface area contributed by atoms with Gasteiger partial charge in [-0.3, -0.25) is 14.4 Å². The highest BCUT2D eigenvalue weighted by Crippen LogP contribution is 2.26. The molecule has 6 heteroatoms. The summed E-state index contributed by atoms with van der Waals surface area (Å²) < 4.78 is 13.2. The van der Waals surface area contributed by atoms with Gasteiger partial charge in [0.2, 0.25) is 11.8 Å². The molecule has 0 aliphatic carbocycles. The molecular weight excluding hydrogens is 359 g/mol. The second kappa shape index (κ2) is 8.78. The van der Waals surface area contributed by atoms with E-state index in [1.54, 1.807) is 0 Å². The summed E-state index contributed by atoms with van der Waals surface area (Å²) in [5.41, 5.74) is 1.38. The zero-order valence-electron chi connectivity index (χ0n) is 15.8. The number of nitrogens with zero attached hydrogens (tertiary/aromatic N) is 2. The summed E-state index contributed by atoms with van der Waals surface area (Å²) in [7, 11) is 0. The number of benzene rings is 2. The van der Waals surface area contributed by atoms with Gasteiger partial charge in [-0.25, -0.2) is 9.29 Å². The van der Waals surface area contributed by atoms with Crippen LogP contribution in [0.2, 0.25) is 0 Å². The molecule has 1 aliphatic rings. The predicted octanol–water partition coefficient (Wildman–Crippen LogP) is 3.33. The molecule has 0 aromatic heterocycles. The molecule has 3 amide bonds. The van der Waals surface area contributed by atoms with Crippen LogP contribution in [0.1, 0.15) is 31.7 Å². The average Bonchev–Trinajstić information content (AvgIpc) is 2.98. The van der Waals surface area contributed by atoms with Crippen molar-refractivity contribution >= 4 is 23.4 Å². The van der Waals surface area contributed by atoms with Gasteiger partial charge in [0, 0.05) is 13.0 Å². The minimum absolute atomic E-state index is 0.0551. The first-order chi connectivity index (χ1) is 13.5. The van der Waals surface area contributed by atoms with E-state index < -0.39 is 17.8 Å². The Hall–Kier alpha value is -3.02. The van der Waals surface area contributed by atoms with Crippen LogP contribution >= 0.6 is 0 Å². The maximum absolute atomic E-state index is 13.2. The van der Waals surface area contributed by atoms with E-state index in [0.29, 0.717) is 31.5 Å². The van der Waals surface area contributed by atoms with Crippen LogP contribution in [0.15, 0.2) is 54.6 Å². The molecule has 1 saturated heterocycles. The van der Waals surface area contributed by atoms with Gasteiger partial charge in [0.1, 0.15) is 11.9 Å². The highest BCUT2D eigenvalue weighted by Gasteiger charge is 2.44. The molecular formula is C22H23FN2O3. The van der Waals surface area contributed by atoms with Crippen LogP contribution in [0, 0.1) is 5.82 Å². The van der Waals surface area contributed by atoms with Crippen molar-refractivity contribution in [1.82, 2.24) is 4.90 Å². The molecule has 1 atom stereocenters. The van der Waals surface area contributed by atoms with Crippen LogP contribution < -0.4 is 4.90 Å². The van der Waals surface area contributed by atoms with Gasteiger partial charge in [0.25, 0.3) is 5.91 Å². The Morgan fingerprint density at radius 3 is 2.43 bits per heavy atom. The fraction of sp³-hybridized carbons (Fsp3) is 0.318. The maximum Gasteiger partial charge on any atom is 0.257 e. The summed E-state index contributed by atoms with van der Waals surface area (Å²) in [5, 5.41) is 0. The normalized spacial score (nSPS) is 16.5. The van der Waals surface area contributed by atoms with E-state index in [4.69, 9.17) is 0 Å². The quantitative estimate of drug-likeness (QED) is 0.690. The van der Waals surface area contributed by atoms with E-state index in [1.165, 1.54) is 29.2 Å². The third kappa shape index (κ3) is 4.27. The predicted molar refractivity (Wildman–Crippen MR) is 104 cm³/mol. The molecule has 0 radical (unpaired) electrons. The number of imide groups is 1. The van der Waals surface area contributed by atoms with E-state index in [2.05, 4.69) is 0 Å². The van der Waals surface area contributed by atoms with Gasteiger partial charge in [-0.05, 0) is 42.7 Å². The van der Waals surface area contributed by atoms with Gasteiger partial charge in [0.15, 0.2) is 0 Å². The zero-order valence-corrected chi connectivity index (χ0v) is 15.8. The number of rotatable bonds is 7. The largest absolute Gasteiger partial charge is 0.330 e. The molecule has 0 bridgehead atoms. The van der Waals surface area contributed by atoms with Crippen LogP contribution in [-0.4, -0.2) is 35.2 Å². The van der Waals surface area contributed by atoms with E-state index in [0.717, 1.165) is 10.5 Å². The standard InChI is InChI=1S/C22H23FN2O3/c1-2-6-20(26)24(14-13-16-7-4-3-5-8-16)19-15-21(27)25(22(19)28)18-11-9-17(23)10-12-18/h3-5,7-12,19H,2,6,13-15H2,1H3. The first kappa shape index (κ1) is 19.7. The number of halogens is 1. The van der Waals surface area contributed by atoms with Gasteiger partial charge in [-0.2, -0.15) is 0 Å². The van der Waals surface area contributed by atoms with Crippen molar-refractivity contribution in [2.75, 3.05) is 11.4 Å². The lowest BCUT2D eigenvalue weighted by molar-refractivity contribution is -0.138. The van der Waals surface area contributed by atoms with Gasteiger partial charge < -0.3 is 4.90 Å². The van der Waals surface area contributed by atoms with Crippen molar-refractivity contribution in [3.8, 4) is 0 Å². The number of hydrogen-bond acceptors (Lipinski definition) is 3. The third-order valence-electron chi connectivity index (χ3n) is 4.85. The molecule has 3 rings (SSSR count). The molecule has 1 unspecified atom stereocenters. The number of carbonyl (C=O) groups excluding carboxylic acids is 3. The average molecular weight is 382 g/mol. The van der Waals surface area contributed by atoms with Crippen molar-refractivity contribution in [2.45, 2.75) is 38.6 Å². The van der Waals surface area contributed by atoms with Crippen molar-refractivity contribution in [3.63, 3.8) is 0 Å². The SMILES string of the molecule is CCCC(=O)N(CCc1ccccc1)C1CC(=O)N(c2ccc(F)cc2)C1=O. The molecule has 5 nitrogen and oxygen atoms in total. The summed E-state index contributed by atoms with van der Waals surface area (Å²) in [6.07, 6.45) is 1.53. The molecule has 1 aliphatic heterocycles. The van der Waals surface area contributed by atoms with E-state index in [1.807, 2.05) is 37.3 Å². The van der Waals surface area contributed by atoms with Gasteiger partial charge in [-0.1, -0.05) is 37.3 Å². The maximum atomic E-state index is 13.2. The van der Waals surface area contributed by atoms with Gasteiger partial charge in [0.05, 0.1) is 12.1 Å². The van der Waals surface area contributed by atoms with Gasteiger partial charge >= 0.3 is 0 Å². The Kier molecular flexibility index (Phi) is 6.19. The van der Waals surface area contributed by atoms with Crippen molar-refractivity contribution in [2.24, 2.45) is 0 Å². The first-order valence-corrected chi connectivity index (χ1v) is 9.47. The van der Waals surface area contributed by atoms with Crippen LogP contribution in [0.3, 0.4) is 0 Å². The molecule has 1 heterocycles. The zero-order chi connectivity index (χ0) is 20.1. The number of hydrogen-bond donors (Lipinski definition) is 0. The van der Waals surface area contributed by atoms with Crippen LogP contribution in [0.5, 0.6) is 0 Å². The lowest BCUT2D eigenvalue weighted by Gasteiger charge is -2.27. The minimum atomic E-state index is -0.819. The summed E-state index contributed by atoms with van der Waals surface area (Å²) in [4.78, 5) is 40.8. The molecule has 28 heavy (non-hydrogen) atoms. The molecule has 0 N–H and O–H groups in total. The lowest BCUT2D eigenvalue weighted by atomic mass is 10.1. The number of amides is 3. The Bertz CT molecular complexity index is 852. The Morgan fingerprint density at radius 1 is 1.11 bits per heavy atom. The first-order valence-electron chi connectivity index (χ1n) is 9.47. The minimum Gasteiger partial charge on any atom is -0.330 e. The van der Waals surface area contributed by atoms with E-state index in [9.17, 15) is 18.8 Å². The van der Waals surface area contributed by atoms with Crippen molar-refractivity contribution < 1.29 is 18.8 Å². The third-order valence-corrected chi connectivity index (χ3v) is 4.85. The molecule has 146 valence electrons. The fourth-order valence-corrected chi connectivity index (χ4v) is 3.43. The smallest absolute Gasteiger partial charge is 0.257 e. The summed E-state index contributed by atoms with van der Waals surface area (Å²) in [6, 6.07) is 14.1. The second-order valence-corrected chi connectivity index (χ2v) is 6.84. The molecule has 0 spiro atoms. The summed E-state index contributed by atoms with van der Waals surface area (Å²) >= 11 is 0. The lowest BCUT2D eigenvalue weighted by Crippen LogP contribution is -2.46.